The van der Waals surface area contributed by atoms with Crippen LogP contribution in [0.25, 0.3) is 6.08 Å². The third-order valence-electron chi connectivity index (χ3n) is 3.70. The molecule has 1 N–H and O–H groups in total. The van der Waals surface area contributed by atoms with E-state index >= 15 is 0 Å². The summed E-state index contributed by atoms with van der Waals surface area (Å²) in [5.41, 5.74) is 3.09. The van der Waals surface area contributed by atoms with Gasteiger partial charge in [-0.3, -0.25) is 9.59 Å². The van der Waals surface area contributed by atoms with Crippen molar-refractivity contribution in [2.24, 2.45) is 0 Å². The zero-order valence-corrected chi connectivity index (χ0v) is 15.0. The molecule has 0 spiro atoms. The van der Waals surface area contributed by atoms with Crippen LogP contribution in [0.5, 0.6) is 5.75 Å². The van der Waals surface area contributed by atoms with Crippen molar-refractivity contribution in [3.8, 4) is 5.75 Å². The first-order valence-electron chi connectivity index (χ1n) is 8.38. The minimum atomic E-state index is -0.357. The summed E-state index contributed by atoms with van der Waals surface area (Å²) in [6.07, 6.45) is 3.26. The van der Waals surface area contributed by atoms with Gasteiger partial charge in [-0.15, -0.1) is 0 Å². The number of aryl methyl sites for hydroxylation is 1. The lowest BCUT2D eigenvalue weighted by Crippen LogP contribution is -2.24. The summed E-state index contributed by atoms with van der Waals surface area (Å²) in [6.45, 7) is 2.73. The van der Waals surface area contributed by atoms with Gasteiger partial charge in [-0.2, -0.15) is 0 Å². The first-order chi connectivity index (χ1) is 12.6. The molecule has 0 saturated heterocycles. The maximum absolute atomic E-state index is 11.8. The molecular formula is C21H23NO4. The van der Waals surface area contributed by atoms with Crippen LogP contribution in [0.4, 0.5) is 0 Å². The molecule has 0 bridgehead atoms. The zero-order chi connectivity index (χ0) is 18.8. The Hall–Kier alpha value is -3.08. The number of methoxy groups -OCH3 is 1. The Bertz CT molecular complexity index is 766. The molecule has 0 aliphatic carbocycles. The fourth-order valence-electron chi connectivity index (χ4n) is 2.21. The number of ether oxygens (including phenoxy) is 2. The summed E-state index contributed by atoms with van der Waals surface area (Å²) in [5.74, 6) is 0.0676. The molecule has 2 aromatic rings. The van der Waals surface area contributed by atoms with E-state index in [9.17, 15) is 9.59 Å². The van der Waals surface area contributed by atoms with E-state index in [1.54, 1.807) is 6.08 Å². The van der Waals surface area contributed by atoms with Gasteiger partial charge in [0.2, 0.25) is 5.91 Å². The highest BCUT2D eigenvalue weighted by molar-refractivity contribution is 5.92. The van der Waals surface area contributed by atoms with Gasteiger partial charge in [0.1, 0.15) is 12.4 Å². The Morgan fingerprint density at radius 1 is 1.08 bits per heavy atom. The average molecular weight is 353 g/mol. The van der Waals surface area contributed by atoms with Crippen molar-refractivity contribution in [3.05, 3.63) is 71.3 Å². The number of nitrogens with one attached hydrogen (secondary N) is 1. The molecule has 1 amide bonds. The Morgan fingerprint density at radius 3 is 2.54 bits per heavy atom. The van der Waals surface area contributed by atoms with Crippen molar-refractivity contribution in [2.75, 3.05) is 13.7 Å². The number of hydrogen-bond donors (Lipinski definition) is 1. The SMILES string of the molecule is COC(=O)CCNC(=O)/C=C/c1ccccc1OCc1ccc(C)cc1. The van der Waals surface area contributed by atoms with Crippen LogP contribution in [0.1, 0.15) is 23.1 Å². The van der Waals surface area contributed by atoms with Gasteiger partial charge in [0.05, 0.1) is 13.5 Å². The molecule has 2 aromatic carbocycles. The van der Waals surface area contributed by atoms with E-state index in [0.29, 0.717) is 12.4 Å². The van der Waals surface area contributed by atoms with Crippen LogP contribution < -0.4 is 10.1 Å². The van der Waals surface area contributed by atoms with Gasteiger partial charge >= 0.3 is 5.97 Å². The Kier molecular flexibility index (Phi) is 7.43. The highest BCUT2D eigenvalue weighted by Gasteiger charge is 2.03. The minimum Gasteiger partial charge on any atom is -0.488 e. The van der Waals surface area contributed by atoms with Crippen LogP contribution in [-0.2, 0) is 20.9 Å². The molecule has 0 aliphatic heterocycles. The fourth-order valence-corrected chi connectivity index (χ4v) is 2.21. The van der Waals surface area contributed by atoms with Crippen molar-refractivity contribution in [3.63, 3.8) is 0 Å². The standard InChI is InChI=1S/C21H23NO4/c1-16-7-9-17(10-8-16)15-26-19-6-4-3-5-18(19)11-12-20(23)22-14-13-21(24)25-2/h3-12H,13-15H2,1-2H3,(H,22,23)/b12-11+. The number of rotatable bonds is 8. The van der Waals surface area contributed by atoms with E-state index in [1.807, 2.05) is 55.5 Å². The molecule has 0 heterocycles. The number of carbonyl (C=O) groups excluding carboxylic acids is 2. The van der Waals surface area contributed by atoms with Crippen LogP contribution in [-0.4, -0.2) is 25.5 Å². The smallest absolute Gasteiger partial charge is 0.307 e. The fraction of sp³-hybridized carbons (Fsp3) is 0.238. The van der Waals surface area contributed by atoms with Crippen LogP contribution in [0.15, 0.2) is 54.6 Å². The van der Waals surface area contributed by atoms with Gasteiger partial charge in [0.15, 0.2) is 0 Å². The third kappa shape index (κ3) is 6.43. The molecule has 136 valence electrons. The molecule has 2 rings (SSSR count). The topological polar surface area (TPSA) is 64.6 Å². The van der Waals surface area contributed by atoms with Gasteiger partial charge < -0.3 is 14.8 Å². The largest absolute Gasteiger partial charge is 0.488 e. The van der Waals surface area contributed by atoms with Gasteiger partial charge in [0, 0.05) is 18.2 Å². The second kappa shape index (κ2) is 10.0. The minimum absolute atomic E-state index is 0.145. The molecule has 26 heavy (non-hydrogen) atoms. The number of benzene rings is 2. The monoisotopic (exact) mass is 353 g/mol. The van der Waals surface area contributed by atoms with Gasteiger partial charge in [-0.05, 0) is 24.6 Å². The third-order valence-corrected chi connectivity index (χ3v) is 3.70. The van der Waals surface area contributed by atoms with Crippen LogP contribution in [0.3, 0.4) is 0 Å². The zero-order valence-electron chi connectivity index (χ0n) is 15.0. The molecule has 0 aromatic heterocycles. The molecule has 0 aliphatic rings. The van der Waals surface area contributed by atoms with E-state index in [-0.39, 0.29) is 24.8 Å². The second-order valence-corrected chi connectivity index (χ2v) is 5.76. The summed E-state index contributed by atoms with van der Waals surface area (Å²) in [5, 5.41) is 2.63. The lowest BCUT2D eigenvalue weighted by Gasteiger charge is -2.09. The summed E-state index contributed by atoms with van der Waals surface area (Å²) < 4.78 is 10.4. The van der Waals surface area contributed by atoms with Crippen molar-refractivity contribution >= 4 is 18.0 Å². The maximum Gasteiger partial charge on any atom is 0.307 e. The molecule has 0 unspecified atom stereocenters. The highest BCUT2D eigenvalue weighted by atomic mass is 16.5. The lowest BCUT2D eigenvalue weighted by molar-refractivity contribution is -0.140. The average Bonchev–Trinajstić information content (AvgIpc) is 2.66. The predicted octanol–water partition coefficient (Wildman–Crippen LogP) is 3.27. The van der Waals surface area contributed by atoms with E-state index in [1.165, 1.54) is 18.7 Å². The normalized spacial score (nSPS) is 10.5. The van der Waals surface area contributed by atoms with Crippen molar-refractivity contribution in [1.29, 1.82) is 0 Å². The summed E-state index contributed by atoms with van der Waals surface area (Å²) in [6, 6.07) is 15.7. The van der Waals surface area contributed by atoms with Crippen LogP contribution in [0.2, 0.25) is 0 Å². The molecular weight excluding hydrogens is 330 g/mol. The van der Waals surface area contributed by atoms with E-state index < -0.39 is 0 Å². The lowest BCUT2D eigenvalue weighted by atomic mass is 10.1. The Labute approximate surface area is 153 Å². The predicted molar refractivity (Wildman–Crippen MR) is 101 cm³/mol. The number of amides is 1. The first-order valence-corrected chi connectivity index (χ1v) is 8.38. The molecule has 5 heteroatoms. The van der Waals surface area contributed by atoms with Crippen molar-refractivity contribution < 1.29 is 19.1 Å². The van der Waals surface area contributed by atoms with Crippen LogP contribution >= 0.6 is 0 Å². The second-order valence-electron chi connectivity index (χ2n) is 5.76. The Morgan fingerprint density at radius 2 is 1.81 bits per heavy atom. The quantitative estimate of drug-likeness (QED) is 0.584. The molecule has 0 saturated carbocycles. The first kappa shape index (κ1) is 19.2. The van der Waals surface area contributed by atoms with Gasteiger partial charge in [-0.25, -0.2) is 0 Å². The molecule has 0 fully saturated rings. The van der Waals surface area contributed by atoms with E-state index in [0.717, 1.165) is 11.1 Å². The van der Waals surface area contributed by atoms with Gasteiger partial charge in [0.25, 0.3) is 0 Å². The maximum atomic E-state index is 11.8. The molecule has 5 nitrogen and oxygen atoms in total. The van der Waals surface area contributed by atoms with Crippen molar-refractivity contribution in [2.45, 2.75) is 20.0 Å². The van der Waals surface area contributed by atoms with Crippen molar-refractivity contribution in [1.82, 2.24) is 5.32 Å². The van der Waals surface area contributed by atoms with Gasteiger partial charge in [-0.1, -0.05) is 48.0 Å². The number of para-hydroxylation sites is 1. The van der Waals surface area contributed by atoms with Crippen LogP contribution in [0, 0.1) is 6.92 Å². The number of carbonyl (C=O) groups is 2. The number of hydrogen-bond acceptors (Lipinski definition) is 4. The van der Waals surface area contributed by atoms with E-state index in [2.05, 4.69) is 10.1 Å². The molecule has 0 radical (unpaired) electrons. The Balaban J connectivity index is 1.92. The summed E-state index contributed by atoms with van der Waals surface area (Å²) in [4.78, 5) is 22.8. The molecule has 0 atom stereocenters. The number of esters is 1. The summed E-state index contributed by atoms with van der Waals surface area (Å²) >= 11 is 0. The van der Waals surface area contributed by atoms with E-state index in [4.69, 9.17) is 4.74 Å². The summed E-state index contributed by atoms with van der Waals surface area (Å²) in [7, 11) is 1.32. The highest BCUT2D eigenvalue weighted by Crippen LogP contribution is 2.21.